The number of piperazine rings is 1. The van der Waals surface area contributed by atoms with E-state index in [9.17, 15) is 10.2 Å². The Morgan fingerprint density at radius 2 is 1.55 bits per heavy atom. The zero-order valence-corrected chi connectivity index (χ0v) is 18.5. The fourth-order valence-corrected chi connectivity index (χ4v) is 3.91. The van der Waals surface area contributed by atoms with Crippen molar-refractivity contribution in [2.75, 3.05) is 65.0 Å². The number of anilines is 2. The summed E-state index contributed by atoms with van der Waals surface area (Å²) in [6.45, 7) is 5.13. The first kappa shape index (κ1) is 22.8. The quantitative estimate of drug-likeness (QED) is 0.208. The zero-order chi connectivity index (χ0) is 22.4. The van der Waals surface area contributed by atoms with Crippen LogP contribution >= 0.6 is 0 Å². The topological polar surface area (TPSA) is 114 Å². The molecule has 0 radical (unpaired) electrons. The lowest BCUT2D eigenvalue weighted by atomic mass is 10.1. The molecule has 8 heteroatoms. The van der Waals surface area contributed by atoms with Gasteiger partial charge in [0.2, 0.25) is 0 Å². The second-order valence-electron chi connectivity index (χ2n) is 8.74. The van der Waals surface area contributed by atoms with Gasteiger partial charge in [0.15, 0.2) is 0 Å². The summed E-state index contributed by atoms with van der Waals surface area (Å²) >= 11 is 0. The highest BCUT2D eigenvalue weighted by Gasteiger charge is 2.34. The molecule has 8 nitrogen and oxygen atoms in total. The molecule has 0 aromatic heterocycles. The average molecular weight is 432 g/mol. The SMILES string of the molecule is C[N+]1(C)CCN(CCCOc2cc(O)ccc2N)CC1CCOc1cc(O)ccc1N. The molecule has 0 bridgehead atoms. The molecular formula is C23H35N4O4+. The summed E-state index contributed by atoms with van der Waals surface area (Å²) in [5, 5.41) is 19.2. The monoisotopic (exact) mass is 431 g/mol. The van der Waals surface area contributed by atoms with Gasteiger partial charge in [0, 0.05) is 31.6 Å². The molecular weight excluding hydrogens is 396 g/mol. The maximum atomic E-state index is 9.63. The molecule has 1 heterocycles. The van der Waals surface area contributed by atoms with Gasteiger partial charge in [-0.25, -0.2) is 0 Å². The number of hydrogen-bond acceptors (Lipinski definition) is 7. The molecule has 31 heavy (non-hydrogen) atoms. The van der Waals surface area contributed by atoms with E-state index in [1.54, 1.807) is 36.4 Å². The Morgan fingerprint density at radius 3 is 2.16 bits per heavy atom. The molecule has 1 fully saturated rings. The van der Waals surface area contributed by atoms with Crippen LogP contribution in [0.25, 0.3) is 0 Å². The maximum Gasteiger partial charge on any atom is 0.145 e. The van der Waals surface area contributed by atoms with Gasteiger partial charge >= 0.3 is 0 Å². The number of rotatable bonds is 9. The number of likely N-dealkylation sites (N-methyl/N-ethyl adjacent to an activating group) is 1. The molecule has 0 saturated carbocycles. The fourth-order valence-electron chi connectivity index (χ4n) is 3.91. The number of nitrogens with two attached hydrogens (primary N) is 2. The third-order valence-electron chi connectivity index (χ3n) is 6.03. The van der Waals surface area contributed by atoms with Crippen molar-refractivity contribution in [3.63, 3.8) is 0 Å². The van der Waals surface area contributed by atoms with Crippen molar-refractivity contribution in [2.24, 2.45) is 0 Å². The first-order chi connectivity index (χ1) is 14.7. The second kappa shape index (κ2) is 9.98. The number of phenolic OH excluding ortho intramolecular Hbond substituents is 2. The summed E-state index contributed by atoms with van der Waals surface area (Å²) in [5.41, 5.74) is 12.9. The molecule has 0 spiro atoms. The minimum absolute atomic E-state index is 0.151. The molecule has 1 unspecified atom stereocenters. The highest BCUT2D eigenvalue weighted by atomic mass is 16.5. The number of quaternary nitrogens is 1. The number of aromatic hydroxyl groups is 2. The predicted molar refractivity (Wildman–Crippen MR) is 122 cm³/mol. The first-order valence-electron chi connectivity index (χ1n) is 10.7. The maximum absolute atomic E-state index is 9.63. The Morgan fingerprint density at radius 1 is 0.968 bits per heavy atom. The van der Waals surface area contributed by atoms with Gasteiger partial charge < -0.3 is 35.6 Å². The van der Waals surface area contributed by atoms with Crippen molar-refractivity contribution < 1.29 is 24.2 Å². The van der Waals surface area contributed by atoms with E-state index in [1.165, 1.54) is 0 Å². The minimum atomic E-state index is 0.151. The van der Waals surface area contributed by atoms with Gasteiger partial charge in [-0.3, -0.25) is 4.90 Å². The number of nitrogen functional groups attached to an aromatic ring is 2. The van der Waals surface area contributed by atoms with Crippen LogP contribution in [0.1, 0.15) is 12.8 Å². The Labute approximate surface area is 184 Å². The van der Waals surface area contributed by atoms with E-state index in [-0.39, 0.29) is 11.5 Å². The van der Waals surface area contributed by atoms with E-state index < -0.39 is 0 Å². The Bertz CT molecular complexity index is 875. The summed E-state index contributed by atoms with van der Waals surface area (Å²) in [5.74, 6) is 1.36. The van der Waals surface area contributed by atoms with E-state index in [0.29, 0.717) is 42.1 Å². The Balaban J connectivity index is 1.44. The van der Waals surface area contributed by atoms with E-state index in [4.69, 9.17) is 20.9 Å². The third kappa shape index (κ3) is 6.32. The molecule has 170 valence electrons. The summed E-state index contributed by atoms with van der Waals surface area (Å²) < 4.78 is 12.5. The molecule has 1 saturated heterocycles. The number of phenols is 2. The summed E-state index contributed by atoms with van der Waals surface area (Å²) in [7, 11) is 4.52. The standard InChI is InChI=1S/C23H34N4O4/c1-27(2)11-10-26(9-3-12-30-22-14-18(28)4-6-20(22)24)16-17(27)8-13-31-23-15-19(29)5-7-21(23)25/h4-7,14-15,17H,3,8-13,16,24-25H2,1-2H3,(H-,28,29)/p+1. The third-order valence-corrected chi connectivity index (χ3v) is 6.03. The molecule has 1 atom stereocenters. The first-order valence-corrected chi connectivity index (χ1v) is 10.7. The number of hydrogen-bond donors (Lipinski definition) is 4. The molecule has 2 aromatic carbocycles. The van der Waals surface area contributed by atoms with Crippen LogP contribution in [0.2, 0.25) is 0 Å². The number of nitrogens with zero attached hydrogens (tertiary/aromatic N) is 2. The summed E-state index contributed by atoms with van der Waals surface area (Å²) in [4.78, 5) is 2.46. The van der Waals surface area contributed by atoms with Crippen molar-refractivity contribution in [3.05, 3.63) is 36.4 Å². The van der Waals surface area contributed by atoms with Gasteiger partial charge in [-0.1, -0.05) is 0 Å². The Hall–Kier alpha value is -2.84. The molecule has 3 rings (SSSR count). The molecule has 1 aliphatic heterocycles. The minimum Gasteiger partial charge on any atom is -0.508 e. The van der Waals surface area contributed by atoms with Gasteiger partial charge in [-0.2, -0.15) is 0 Å². The highest BCUT2D eigenvalue weighted by molar-refractivity contribution is 5.55. The highest BCUT2D eigenvalue weighted by Crippen LogP contribution is 2.27. The van der Waals surface area contributed by atoms with Gasteiger partial charge in [-0.05, 0) is 30.7 Å². The number of benzene rings is 2. The largest absolute Gasteiger partial charge is 0.508 e. The van der Waals surface area contributed by atoms with Crippen molar-refractivity contribution >= 4 is 11.4 Å². The van der Waals surface area contributed by atoms with Gasteiger partial charge in [0.1, 0.15) is 29.0 Å². The van der Waals surface area contributed by atoms with Crippen LogP contribution in [0, 0.1) is 0 Å². The van der Waals surface area contributed by atoms with Gasteiger partial charge in [0.05, 0.1) is 51.8 Å². The van der Waals surface area contributed by atoms with Gasteiger partial charge in [-0.15, -0.1) is 0 Å². The predicted octanol–water partition coefficient (Wildman–Crippen LogP) is 2.26. The second-order valence-corrected chi connectivity index (χ2v) is 8.74. The van der Waals surface area contributed by atoms with Crippen molar-refractivity contribution in [1.29, 1.82) is 0 Å². The van der Waals surface area contributed by atoms with E-state index in [2.05, 4.69) is 19.0 Å². The molecule has 2 aromatic rings. The normalized spacial score (nSPS) is 18.6. The fraction of sp³-hybridized carbons (Fsp3) is 0.478. The number of ether oxygens (including phenoxy) is 2. The Kier molecular flexibility index (Phi) is 7.35. The lowest BCUT2D eigenvalue weighted by molar-refractivity contribution is -0.920. The average Bonchev–Trinajstić information content (AvgIpc) is 2.72. The van der Waals surface area contributed by atoms with E-state index in [1.807, 2.05) is 0 Å². The van der Waals surface area contributed by atoms with Crippen LogP contribution in [0.3, 0.4) is 0 Å². The smallest absolute Gasteiger partial charge is 0.145 e. The van der Waals surface area contributed by atoms with Crippen LogP contribution in [-0.4, -0.2) is 79.1 Å². The van der Waals surface area contributed by atoms with Crippen molar-refractivity contribution in [2.45, 2.75) is 18.9 Å². The van der Waals surface area contributed by atoms with Gasteiger partial charge in [0.25, 0.3) is 0 Å². The van der Waals surface area contributed by atoms with Crippen LogP contribution < -0.4 is 20.9 Å². The van der Waals surface area contributed by atoms with Crippen LogP contribution in [0.5, 0.6) is 23.0 Å². The molecule has 0 aliphatic carbocycles. The molecule has 0 amide bonds. The molecule has 1 aliphatic rings. The van der Waals surface area contributed by atoms with Crippen molar-refractivity contribution in [1.82, 2.24) is 4.90 Å². The van der Waals surface area contributed by atoms with Crippen LogP contribution in [-0.2, 0) is 0 Å². The van der Waals surface area contributed by atoms with E-state index >= 15 is 0 Å². The lowest BCUT2D eigenvalue weighted by Gasteiger charge is -2.46. The van der Waals surface area contributed by atoms with Crippen LogP contribution in [0.15, 0.2) is 36.4 Å². The zero-order valence-electron chi connectivity index (χ0n) is 18.5. The lowest BCUT2D eigenvalue weighted by Crippen LogP contribution is -2.61. The van der Waals surface area contributed by atoms with E-state index in [0.717, 1.165) is 43.5 Å². The van der Waals surface area contributed by atoms with Crippen LogP contribution in [0.4, 0.5) is 11.4 Å². The van der Waals surface area contributed by atoms with Crippen molar-refractivity contribution in [3.8, 4) is 23.0 Å². The molecule has 6 N–H and O–H groups in total. The summed E-state index contributed by atoms with van der Waals surface area (Å²) in [6.07, 6.45) is 1.78. The summed E-state index contributed by atoms with van der Waals surface area (Å²) in [6, 6.07) is 9.95.